The first-order chi connectivity index (χ1) is 8.13. The van der Waals surface area contributed by atoms with Gasteiger partial charge in [-0.3, -0.25) is 4.98 Å². The second-order valence-electron chi connectivity index (χ2n) is 4.40. The van der Waals surface area contributed by atoms with E-state index in [0.29, 0.717) is 18.1 Å². The van der Waals surface area contributed by atoms with Gasteiger partial charge < -0.3 is 10.1 Å². The van der Waals surface area contributed by atoms with Crippen molar-refractivity contribution in [2.45, 2.75) is 26.7 Å². The molecule has 4 heteroatoms. The summed E-state index contributed by atoms with van der Waals surface area (Å²) < 4.78 is 5.04. The summed E-state index contributed by atoms with van der Waals surface area (Å²) >= 11 is 0. The summed E-state index contributed by atoms with van der Waals surface area (Å²) in [5, 5.41) is 3.22. The van der Waals surface area contributed by atoms with Crippen LogP contribution >= 0.6 is 0 Å². The molecule has 0 saturated carbocycles. The fourth-order valence-electron chi connectivity index (χ4n) is 2.08. The second kappa shape index (κ2) is 4.84. The van der Waals surface area contributed by atoms with E-state index in [9.17, 15) is 4.79 Å². The van der Waals surface area contributed by atoms with Crippen molar-refractivity contribution in [3.05, 3.63) is 28.6 Å². The van der Waals surface area contributed by atoms with Crippen molar-refractivity contribution in [3.8, 4) is 0 Å². The lowest BCUT2D eigenvalue weighted by Crippen LogP contribution is -2.40. The number of nitrogens with one attached hydrogen (secondary N) is 1. The number of ether oxygens (including phenoxy) is 1. The minimum Gasteiger partial charge on any atom is -0.462 e. The van der Waals surface area contributed by atoms with Crippen LogP contribution in [0, 0.1) is 13.8 Å². The molecular weight excluding hydrogens is 216 g/mol. The highest BCUT2D eigenvalue weighted by Crippen LogP contribution is 2.22. The fraction of sp³-hybridized carbons (Fsp3) is 0.538. The predicted octanol–water partition coefficient (Wildman–Crippen LogP) is 1.56. The van der Waals surface area contributed by atoms with Gasteiger partial charge >= 0.3 is 5.97 Å². The van der Waals surface area contributed by atoms with Gasteiger partial charge in [-0.15, -0.1) is 0 Å². The summed E-state index contributed by atoms with van der Waals surface area (Å²) in [5.74, 6) is 0.219. The van der Waals surface area contributed by atoms with Crippen LogP contribution in [0.15, 0.2) is 6.07 Å². The molecule has 1 aromatic heterocycles. The number of aromatic nitrogens is 1. The highest BCUT2D eigenvalue weighted by molar-refractivity contribution is 5.92. The molecule has 1 aromatic rings. The molecule has 2 rings (SSSR count). The summed E-state index contributed by atoms with van der Waals surface area (Å²) in [6, 6.07) is 2.00. The van der Waals surface area contributed by atoms with Crippen molar-refractivity contribution < 1.29 is 9.53 Å². The molecule has 0 spiro atoms. The van der Waals surface area contributed by atoms with E-state index in [1.165, 1.54) is 0 Å². The summed E-state index contributed by atoms with van der Waals surface area (Å²) in [4.78, 5) is 16.3. The molecule has 2 heterocycles. The van der Waals surface area contributed by atoms with Crippen LogP contribution in [0.3, 0.4) is 0 Å². The van der Waals surface area contributed by atoms with Gasteiger partial charge in [0.25, 0.3) is 0 Å². The van der Waals surface area contributed by atoms with Crippen LogP contribution in [-0.2, 0) is 4.74 Å². The van der Waals surface area contributed by atoms with Gasteiger partial charge in [0.2, 0.25) is 0 Å². The van der Waals surface area contributed by atoms with Crippen molar-refractivity contribution in [2.24, 2.45) is 0 Å². The van der Waals surface area contributed by atoms with E-state index in [2.05, 4.69) is 10.3 Å². The Bertz CT molecular complexity index is 416. The number of hydrogen-bond acceptors (Lipinski definition) is 4. The van der Waals surface area contributed by atoms with Gasteiger partial charge in [-0.2, -0.15) is 0 Å². The van der Waals surface area contributed by atoms with E-state index < -0.39 is 0 Å². The highest BCUT2D eigenvalue weighted by atomic mass is 16.5. The fourth-order valence-corrected chi connectivity index (χ4v) is 2.08. The van der Waals surface area contributed by atoms with Crippen LogP contribution in [0.25, 0.3) is 0 Å². The second-order valence-corrected chi connectivity index (χ2v) is 4.40. The zero-order chi connectivity index (χ0) is 12.4. The minimum atomic E-state index is -0.270. The van der Waals surface area contributed by atoms with Crippen molar-refractivity contribution in [1.29, 1.82) is 0 Å². The number of rotatable bonds is 3. The summed E-state index contributed by atoms with van der Waals surface area (Å²) in [6.45, 7) is 7.97. The molecule has 1 N–H and O–H groups in total. The number of hydrogen-bond donors (Lipinski definition) is 1. The van der Waals surface area contributed by atoms with Crippen LogP contribution in [0.1, 0.15) is 40.2 Å². The van der Waals surface area contributed by atoms with Crippen molar-refractivity contribution >= 4 is 5.97 Å². The number of carbonyl (C=O) groups is 1. The zero-order valence-corrected chi connectivity index (χ0v) is 10.5. The van der Waals surface area contributed by atoms with E-state index in [1.807, 2.05) is 26.8 Å². The third kappa shape index (κ3) is 2.31. The summed E-state index contributed by atoms with van der Waals surface area (Å²) in [7, 11) is 0. The van der Waals surface area contributed by atoms with Gasteiger partial charge in [-0.25, -0.2) is 4.79 Å². The molecule has 0 unspecified atom stereocenters. The lowest BCUT2D eigenvalue weighted by molar-refractivity contribution is 0.0524. The summed E-state index contributed by atoms with van der Waals surface area (Å²) in [6.07, 6.45) is 0. The Hall–Kier alpha value is -1.42. The van der Waals surface area contributed by atoms with Crippen LogP contribution in [0.2, 0.25) is 0 Å². The van der Waals surface area contributed by atoms with Crippen LogP contribution in [-0.4, -0.2) is 30.6 Å². The summed E-state index contributed by atoms with van der Waals surface area (Å²) in [5.41, 5.74) is 3.41. The van der Waals surface area contributed by atoms with Gasteiger partial charge in [0.05, 0.1) is 17.9 Å². The maximum Gasteiger partial charge on any atom is 0.340 e. The molecule has 1 aliphatic heterocycles. The molecule has 0 bridgehead atoms. The molecule has 0 aliphatic carbocycles. The Morgan fingerprint density at radius 3 is 2.71 bits per heavy atom. The van der Waals surface area contributed by atoms with Crippen LogP contribution in [0.4, 0.5) is 0 Å². The van der Waals surface area contributed by atoms with E-state index in [-0.39, 0.29) is 5.97 Å². The minimum absolute atomic E-state index is 0.270. The monoisotopic (exact) mass is 234 g/mol. The number of nitrogens with zero attached hydrogens (tertiary/aromatic N) is 1. The SMILES string of the molecule is CCOC(=O)c1c(C)cc(C2CNC2)nc1C. The molecule has 0 aromatic carbocycles. The maximum absolute atomic E-state index is 11.8. The molecule has 1 fully saturated rings. The first kappa shape index (κ1) is 12.0. The Kier molecular flexibility index (Phi) is 3.43. The quantitative estimate of drug-likeness (QED) is 0.806. The van der Waals surface area contributed by atoms with E-state index in [1.54, 1.807) is 0 Å². The van der Waals surface area contributed by atoms with Gasteiger partial charge in [0.1, 0.15) is 0 Å². The third-order valence-corrected chi connectivity index (χ3v) is 3.10. The van der Waals surface area contributed by atoms with Crippen LogP contribution in [0.5, 0.6) is 0 Å². The Balaban J connectivity index is 2.31. The van der Waals surface area contributed by atoms with Crippen molar-refractivity contribution in [1.82, 2.24) is 10.3 Å². The lowest BCUT2D eigenvalue weighted by atomic mass is 9.95. The van der Waals surface area contributed by atoms with Gasteiger partial charge in [0.15, 0.2) is 0 Å². The van der Waals surface area contributed by atoms with E-state index >= 15 is 0 Å². The largest absolute Gasteiger partial charge is 0.462 e. The normalized spacial score (nSPS) is 15.5. The molecule has 0 radical (unpaired) electrons. The molecule has 0 atom stereocenters. The Morgan fingerprint density at radius 1 is 1.53 bits per heavy atom. The van der Waals surface area contributed by atoms with Crippen LogP contribution < -0.4 is 5.32 Å². The molecule has 4 nitrogen and oxygen atoms in total. The van der Waals surface area contributed by atoms with Gasteiger partial charge in [-0.1, -0.05) is 0 Å². The Labute approximate surface area is 101 Å². The molecule has 17 heavy (non-hydrogen) atoms. The number of aryl methyl sites for hydroxylation is 2. The molecule has 1 saturated heterocycles. The average Bonchev–Trinajstić information content (AvgIpc) is 2.13. The number of esters is 1. The highest BCUT2D eigenvalue weighted by Gasteiger charge is 2.23. The van der Waals surface area contributed by atoms with Gasteiger partial charge in [0, 0.05) is 24.7 Å². The molecule has 92 valence electrons. The standard InChI is InChI=1S/C13H18N2O2/c1-4-17-13(16)12-8(2)5-11(15-9(12)3)10-6-14-7-10/h5,10,14H,4,6-7H2,1-3H3. The molecule has 1 aliphatic rings. The van der Waals surface area contributed by atoms with Gasteiger partial charge in [-0.05, 0) is 32.4 Å². The average molecular weight is 234 g/mol. The third-order valence-electron chi connectivity index (χ3n) is 3.10. The van der Waals surface area contributed by atoms with Crippen molar-refractivity contribution in [2.75, 3.05) is 19.7 Å². The number of carbonyl (C=O) groups excluding carboxylic acids is 1. The Morgan fingerprint density at radius 2 is 2.24 bits per heavy atom. The lowest BCUT2D eigenvalue weighted by Gasteiger charge is -2.27. The first-order valence-corrected chi connectivity index (χ1v) is 5.99. The topological polar surface area (TPSA) is 51.2 Å². The maximum atomic E-state index is 11.8. The molecular formula is C13H18N2O2. The van der Waals surface area contributed by atoms with E-state index in [0.717, 1.165) is 30.0 Å². The molecule has 0 amide bonds. The van der Waals surface area contributed by atoms with Crippen molar-refractivity contribution in [3.63, 3.8) is 0 Å². The van der Waals surface area contributed by atoms with E-state index in [4.69, 9.17) is 4.74 Å². The smallest absolute Gasteiger partial charge is 0.340 e. The number of pyridine rings is 1. The zero-order valence-electron chi connectivity index (χ0n) is 10.5. The predicted molar refractivity (Wildman–Crippen MR) is 65.3 cm³/mol. The first-order valence-electron chi connectivity index (χ1n) is 5.99.